The van der Waals surface area contributed by atoms with Crippen LogP contribution in [-0.4, -0.2) is 44.6 Å². The minimum absolute atomic E-state index is 0.0787. The fourth-order valence-corrected chi connectivity index (χ4v) is 10.7. The van der Waals surface area contributed by atoms with Crippen molar-refractivity contribution in [2.75, 3.05) is 0 Å². The van der Waals surface area contributed by atoms with Gasteiger partial charge in [0.2, 0.25) is 0 Å². The van der Waals surface area contributed by atoms with Gasteiger partial charge in [0.15, 0.2) is 0 Å². The maximum Gasteiger partial charge on any atom is 0.335 e. The van der Waals surface area contributed by atoms with E-state index in [1.54, 1.807) is 29.7 Å². The van der Waals surface area contributed by atoms with Gasteiger partial charge in [-0.15, -0.1) is 0 Å². The number of carboxylic acids is 1. The predicted molar refractivity (Wildman–Crippen MR) is 302 cm³/mol. The molecule has 0 fully saturated rings. The Balaban J connectivity index is 0.000000271. The third-order valence-electron chi connectivity index (χ3n) is 16.1. The molecule has 0 aliphatic heterocycles. The molecule has 0 spiro atoms. The van der Waals surface area contributed by atoms with E-state index >= 15 is 0 Å². The third kappa shape index (κ3) is 13.5. The average Bonchev–Trinajstić information content (AvgIpc) is 3.36. The van der Waals surface area contributed by atoms with Gasteiger partial charge in [-0.3, -0.25) is 10.0 Å². The van der Waals surface area contributed by atoms with Crippen molar-refractivity contribution < 1.29 is 30.1 Å². The van der Waals surface area contributed by atoms with Crippen molar-refractivity contribution in [3.8, 4) is 22.3 Å². The molecule has 1 amide bonds. The van der Waals surface area contributed by atoms with Crippen LogP contribution in [0, 0.1) is 38.5 Å². The fraction of sp³-hybridized carbons (Fsp3) is 0.424. The molecule has 5 N–H and O–H groups in total. The molecule has 390 valence electrons. The van der Waals surface area contributed by atoms with E-state index in [9.17, 15) is 24.9 Å². The van der Waals surface area contributed by atoms with Crippen LogP contribution < -0.4 is 5.48 Å². The van der Waals surface area contributed by atoms with Crippen LogP contribution in [0.2, 0.25) is 0 Å². The van der Waals surface area contributed by atoms with E-state index in [-0.39, 0.29) is 33.9 Å². The molecule has 73 heavy (non-hydrogen) atoms. The minimum atomic E-state index is -0.906. The van der Waals surface area contributed by atoms with Gasteiger partial charge in [-0.2, -0.15) is 0 Å². The first kappa shape index (κ1) is 58.0. The van der Waals surface area contributed by atoms with Crippen LogP contribution in [0.5, 0.6) is 0 Å². The van der Waals surface area contributed by atoms with Crippen LogP contribution in [0.3, 0.4) is 0 Å². The summed E-state index contributed by atoms with van der Waals surface area (Å²) in [6, 6.07) is 41.6. The van der Waals surface area contributed by atoms with Crippen LogP contribution >= 0.6 is 0 Å². The van der Waals surface area contributed by atoms with Gasteiger partial charge in [-0.05, 0) is 192 Å². The molecular weight excluding hydrogens is 903 g/mol. The molecule has 0 saturated heterocycles. The number of carbonyl (C=O) groups excluding carboxylic acids is 1. The maximum absolute atomic E-state index is 11.7. The normalized spacial score (nSPS) is 12.9. The molecule has 2 unspecified atom stereocenters. The summed E-state index contributed by atoms with van der Waals surface area (Å²) in [6.07, 6.45) is 6.64. The Morgan fingerprint density at radius 1 is 0.466 bits per heavy atom. The molecule has 6 rings (SSSR count). The monoisotopic (exact) mass is 988 g/mol. The van der Waals surface area contributed by atoms with E-state index in [0.29, 0.717) is 11.1 Å². The number of nitrogens with one attached hydrogen (secondary N) is 1. The number of aliphatic hydroxyl groups is 2. The van der Waals surface area contributed by atoms with Gasteiger partial charge < -0.3 is 15.3 Å². The summed E-state index contributed by atoms with van der Waals surface area (Å²) in [6.45, 7) is 30.2. The summed E-state index contributed by atoms with van der Waals surface area (Å²) in [5, 5.41) is 39.1. The Kier molecular flexibility index (Phi) is 19.4. The Labute approximate surface area is 438 Å². The van der Waals surface area contributed by atoms with Gasteiger partial charge >= 0.3 is 5.97 Å². The first-order valence-electron chi connectivity index (χ1n) is 26.6. The Morgan fingerprint density at radius 2 is 0.781 bits per heavy atom. The van der Waals surface area contributed by atoms with E-state index < -0.39 is 11.9 Å². The smallest absolute Gasteiger partial charge is 0.335 e. The number of carboxylic acid groups (broad SMARTS) is 1. The number of amides is 1. The highest BCUT2D eigenvalue weighted by molar-refractivity contribution is 5.94. The topological polar surface area (TPSA) is 127 Å². The van der Waals surface area contributed by atoms with E-state index in [0.717, 1.165) is 73.6 Å². The summed E-state index contributed by atoms with van der Waals surface area (Å²) >= 11 is 0. The third-order valence-corrected chi connectivity index (χ3v) is 16.1. The second-order valence-corrected chi connectivity index (χ2v) is 22.7. The molecule has 7 heteroatoms. The molecule has 0 saturated carbocycles. The summed E-state index contributed by atoms with van der Waals surface area (Å²) in [5.74, 6) is -1.42. The quantitative estimate of drug-likeness (QED) is 0.0431. The van der Waals surface area contributed by atoms with E-state index in [2.05, 4.69) is 170 Å². The number of hydroxylamine groups is 1. The zero-order valence-electron chi connectivity index (χ0n) is 46.5. The van der Waals surface area contributed by atoms with E-state index in [1.165, 1.54) is 55.6 Å². The van der Waals surface area contributed by atoms with Gasteiger partial charge in [0, 0.05) is 16.4 Å². The number of aryl methyl sites for hydroxylation is 6. The van der Waals surface area contributed by atoms with E-state index in [4.69, 9.17) is 5.21 Å². The molecule has 7 nitrogen and oxygen atoms in total. The SMILES string of the molecule is CCC(CC)(c1ccc(CCC(O)C(C)(C)C)c(C)c1)c1ccc(-c2ccc(C(=O)NO)cc2)c(C)c1.CCC(CC)(c1ccc(CCC(O)C(C)(C)C)c(C)c1)c1ccc(-c2ccc(C(=O)O)cc2)c(C)c1. The van der Waals surface area contributed by atoms with Crippen LogP contribution in [-0.2, 0) is 23.7 Å². The zero-order valence-corrected chi connectivity index (χ0v) is 46.5. The van der Waals surface area contributed by atoms with Gasteiger partial charge in [0.25, 0.3) is 5.91 Å². The minimum Gasteiger partial charge on any atom is -0.478 e. The van der Waals surface area contributed by atoms with Crippen molar-refractivity contribution in [3.05, 3.63) is 188 Å². The molecule has 0 aliphatic rings. The number of aliphatic hydroxyl groups excluding tert-OH is 2. The predicted octanol–water partition coefficient (Wildman–Crippen LogP) is 15.6. The summed E-state index contributed by atoms with van der Waals surface area (Å²) in [5.41, 5.74) is 19.2. The van der Waals surface area contributed by atoms with Crippen molar-refractivity contribution in [2.45, 2.75) is 171 Å². The van der Waals surface area contributed by atoms with Crippen LogP contribution in [0.4, 0.5) is 0 Å². The lowest BCUT2D eigenvalue weighted by Crippen LogP contribution is -2.27. The number of aromatic carboxylic acids is 1. The fourth-order valence-electron chi connectivity index (χ4n) is 10.7. The van der Waals surface area contributed by atoms with Crippen molar-refractivity contribution in [2.24, 2.45) is 10.8 Å². The van der Waals surface area contributed by atoms with Crippen molar-refractivity contribution in [3.63, 3.8) is 0 Å². The van der Waals surface area contributed by atoms with Crippen molar-refractivity contribution >= 4 is 11.9 Å². The highest BCUT2D eigenvalue weighted by Gasteiger charge is 2.33. The second kappa shape index (κ2) is 24.4. The molecule has 0 aliphatic carbocycles. The highest BCUT2D eigenvalue weighted by atomic mass is 16.5. The maximum atomic E-state index is 11.7. The Morgan fingerprint density at radius 3 is 1.05 bits per heavy atom. The number of benzene rings is 6. The molecule has 2 atom stereocenters. The zero-order chi connectivity index (χ0) is 54.1. The number of carbonyl (C=O) groups is 2. The lowest BCUT2D eigenvalue weighted by atomic mass is 9.69. The number of rotatable bonds is 18. The summed E-state index contributed by atoms with van der Waals surface area (Å²) in [7, 11) is 0. The van der Waals surface area contributed by atoms with Gasteiger partial charge in [0.1, 0.15) is 0 Å². The van der Waals surface area contributed by atoms with Gasteiger partial charge in [-0.25, -0.2) is 10.3 Å². The molecule has 6 aromatic carbocycles. The molecule has 0 aromatic heterocycles. The van der Waals surface area contributed by atoms with Crippen LogP contribution in [0.15, 0.2) is 121 Å². The lowest BCUT2D eigenvalue weighted by Gasteiger charge is -2.34. The van der Waals surface area contributed by atoms with Crippen molar-refractivity contribution in [1.82, 2.24) is 5.48 Å². The molecule has 0 radical (unpaired) electrons. The molecule has 6 aromatic rings. The molecule has 0 heterocycles. The van der Waals surface area contributed by atoms with Crippen LogP contribution in [0.1, 0.15) is 184 Å². The summed E-state index contributed by atoms with van der Waals surface area (Å²) in [4.78, 5) is 22.9. The largest absolute Gasteiger partial charge is 0.478 e. The van der Waals surface area contributed by atoms with E-state index in [1.807, 2.05) is 24.3 Å². The first-order chi connectivity index (χ1) is 34.4. The Hall–Kier alpha value is -5.86. The Bertz CT molecular complexity index is 2800. The number of hydrogen-bond acceptors (Lipinski definition) is 5. The number of hydrogen-bond donors (Lipinski definition) is 5. The highest BCUT2D eigenvalue weighted by Crippen LogP contribution is 2.43. The van der Waals surface area contributed by atoms with Gasteiger partial charge in [-0.1, -0.05) is 166 Å². The van der Waals surface area contributed by atoms with Crippen LogP contribution in [0.25, 0.3) is 22.3 Å². The first-order valence-corrected chi connectivity index (χ1v) is 26.6. The second-order valence-electron chi connectivity index (χ2n) is 22.7. The molecule has 0 bridgehead atoms. The van der Waals surface area contributed by atoms with Crippen molar-refractivity contribution in [1.29, 1.82) is 0 Å². The molecular formula is C66H85NO6. The lowest BCUT2D eigenvalue weighted by molar-refractivity contribution is 0.0559. The summed E-state index contributed by atoms with van der Waals surface area (Å²) < 4.78 is 0. The average molecular weight is 988 g/mol. The van der Waals surface area contributed by atoms with Gasteiger partial charge in [0.05, 0.1) is 17.8 Å². The standard InChI is InChI=1S/C33H43NO3.C33H42O3/c1-8-33(9-2,27-16-14-24(22(3)20-27)15-19-30(35)32(5,6)7)28-17-18-29(23(4)21-28)25-10-12-26(13-11-25)31(36)34-37;1-8-33(9-2,27-16-14-24(22(3)20-27)15-19-30(34)32(5,6)7)28-17-18-29(23(4)21-28)25-10-12-26(13-11-25)31(35)36/h10-14,16-18,20-21,30,35,37H,8-9,15,19H2,1-7H3,(H,34,36);10-14,16-18,20-21,30,34H,8-9,15,19H2,1-7H3,(H,35,36).